The molecule has 3 heterocycles. The Morgan fingerprint density at radius 3 is 2.69 bits per heavy atom. The Morgan fingerprint density at radius 1 is 1.03 bits per heavy atom. The van der Waals surface area contributed by atoms with E-state index in [9.17, 15) is 4.79 Å². The van der Waals surface area contributed by atoms with Crippen LogP contribution in [0.4, 0.5) is 0 Å². The van der Waals surface area contributed by atoms with E-state index in [-0.39, 0.29) is 5.56 Å². The van der Waals surface area contributed by atoms with Crippen LogP contribution in [0.1, 0.15) is 24.0 Å². The summed E-state index contributed by atoms with van der Waals surface area (Å²) in [5.74, 6) is 2.44. The van der Waals surface area contributed by atoms with Crippen LogP contribution in [0.15, 0.2) is 57.2 Å². The third-order valence-corrected chi connectivity index (χ3v) is 8.95. The number of fused-ring (bicyclic) bond motifs is 2. The minimum atomic E-state index is -0.0127. The van der Waals surface area contributed by atoms with Crippen molar-refractivity contribution in [3.05, 3.63) is 64.1 Å². The second-order valence-corrected chi connectivity index (χ2v) is 11.0. The van der Waals surface area contributed by atoms with E-state index in [1.165, 1.54) is 33.1 Å². The molecule has 0 unspecified atom stereocenters. The van der Waals surface area contributed by atoms with Gasteiger partial charge in [0.25, 0.3) is 5.56 Å². The lowest BCUT2D eigenvalue weighted by molar-refractivity contribution is 0.191. The van der Waals surface area contributed by atoms with Crippen LogP contribution < -0.4 is 10.9 Å². The number of piperidine rings is 1. The van der Waals surface area contributed by atoms with Crippen LogP contribution in [0, 0.1) is 6.92 Å². The number of rotatable bonds is 6. The minimum Gasteiger partial charge on any atom is -0.310 e. The molecule has 2 aliphatic heterocycles. The number of aromatic nitrogens is 2. The average molecular weight is 467 g/mol. The molecule has 168 valence electrons. The normalized spacial score (nSPS) is 17.5. The second kappa shape index (κ2) is 10.00. The van der Waals surface area contributed by atoms with E-state index >= 15 is 0 Å². The first-order chi connectivity index (χ1) is 15.7. The highest BCUT2D eigenvalue weighted by molar-refractivity contribution is 8.05. The highest BCUT2D eigenvalue weighted by atomic mass is 32.2. The SMILES string of the molecule is Cc1ccc2ncc(=O)n(CCN3CCC(NCc4ccc5c(c4)SCCS5)CC3)c2c1. The van der Waals surface area contributed by atoms with Gasteiger partial charge in [-0.2, -0.15) is 0 Å². The summed E-state index contributed by atoms with van der Waals surface area (Å²) in [6, 6.07) is 13.6. The zero-order valence-electron chi connectivity index (χ0n) is 18.5. The highest BCUT2D eigenvalue weighted by Crippen LogP contribution is 2.37. The molecule has 2 aromatic carbocycles. The van der Waals surface area contributed by atoms with Gasteiger partial charge in [0.05, 0.1) is 17.2 Å². The Kier molecular flexibility index (Phi) is 6.88. The Bertz CT molecular complexity index is 1150. The largest absolute Gasteiger partial charge is 0.310 e. The number of benzene rings is 2. The van der Waals surface area contributed by atoms with E-state index in [1.807, 2.05) is 40.2 Å². The smallest absolute Gasteiger partial charge is 0.269 e. The van der Waals surface area contributed by atoms with E-state index < -0.39 is 0 Å². The summed E-state index contributed by atoms with van der Waals surface area (Å²) in [6.07, 6.45) is 3.76. The zero-order chi connectivity index (χ0) is 21.9. The molecule has 1 fully saturated rings. The van der Waals surface area contributed by atoms with E-state index in [2.05, 4.69) is 46.4 Å². The maximum atomic E-state index is 12.4. The number of nitrogens with one attached hydrogen (secondary N) is 1. The fraction of sp³-hybridized carbons (Fsp3) is 0.440. The molecule has 7 heteroatoms. The van der Waals surface area contributed by atoms with Crippen molar-refractivity contribution < 1.29 is 0 Å². The van der Waals surface area contributed by atoms with Crippen LogP contribution in [0.2, 0.25) is 0 Å². The predicted molar refractivity (Wildman–Crippen MR) is 135 cm³/mol. The van der Waals surface area contributed by atoms with Crippen molar-refractivity contribution in [2.24, 2.45) is 0 Å². The van der Waals surface area contributed by atoms with Crippen LogP contribution in [-0.4, -0.2) is 51.6 Å². The maximum absolute atomic E-state index is 12.4. The quantitative estimate of drug-likeness (QED) is 0.589. The summed E-state index contributed by atoms with van der Waals surface area (Å²) in [6.45, 7) is 6.77. The van der Waals surface area contributed by atoms with Crippen LogP contribution in [0.3, 0.4) is 0 Å². The fourth-order valence-electron chi connectivity index (χ4n) is 4.56. The molecule has 0 spiro atoms. The molecule has 2 aliphatic rings. The Morgan fingerprint density at radius 2 is 1.84 bits per heavy atom. The first-order valence-electron chi connectivity index (χ1n) is 11.5. The third-order valence-electron chi connectivity index (χ3n) is 6.43. The number of nitrogens with zero attached hydrogens (tertiary/aromatic N) is 3. The van der Waals surface area contributed by atoms with Crippen molar-refractivity contribution in [3.63, 3.8) is 0 Å². The van der Waals surface area contributed by atoms with Gasteiger partial charge in [0.2, 0.25) is 0 Å². The Labute approximate surface area is 198 Å². The molecular weight excluding hydrogens is 436 g/mol. The lowest BCUT2D eigenvalue weighted by Crippen LogP contribution is -2.43. The van der Waals surface area contributed by atoms with Gasteiger partial charge >= 0.3 is 0 Å². The second-order valence-electron chi connectivity index (χ2n) is 8.72. The summed E-state index contributed by atoms with van der Waals surface area (Å²) >= 11 is 3.96. The monoisotopic (exact) mass is 466 g/mol. The number of hydrogen-bond donors (Lipinski definition) is 1. The first-order valence-corrected chi connectivity index (χ1v) is 13.4. The summed E-state index contributed by atoms with van der Waals surface area (Å²) in [4.78, 5) is 22.1. The topological polar surface area (TPSA) is 50.2 Å². The van der Waals surface area contributed by atoms with Crippen LogP contribution >= 0.6 is 23.5 Å². The Hall–Kier alpha value is -1.80. The molecule has 0 amide bonds. The number of hydrogen-bond acceptors (Lipinski definition) is 6. The first kappa shape index (κ1) is 22.0. The Balaban J connectivity index is 1.13. The minimum absolute atomic E-state index is 0.0127. The van der Waals surface area contributed by atoms with Gasteiger partial charge < -0.3 is 14.8 Å². The van der Waals surface area contributed by atoms with Crippen LogP contribution in [0.25, 0.3) is 11.0 Å². The number of likely N-dealkylation sites (tertiary alicyclic amines) is 1. The zero-order valence-corrected chi connectivity index (χ0v) is 20.2. The molecule has 1 aromatic heterocycles. The van der Waals surface area contributed by atoms with E-state index in [0.717, 1.165) is 55.6 Å². The third kappa shape index (κ3) is 5.06. The molecule has 5 rings (SSSR count). The maximum Gasteiger partial charge on any atom is 0.269 e. The van der Waals surface area contributed by atoms with Crippen molar-refractivity contribution in [1.82, 2.24) is 19.8 Å². The lowest BCUT2D eigenvalue weighted by Gasteiger charge is -2.32. The van der Waals surface area contributed by atoms with E-state index in [1.54, 1.807) is 0 Å². The molecule has 3 aromatic rings. The molecule has 0 bridgehead atoms. The van der Waals surface area contributed by atoms with Crippen molar-refractivity contribution in [3.8, 4) is 0 Å². The molecule has 5 nitrogen and oxygen atoms in total. The molecule has 1 saturated heterocycles. The molecule has 0 aliphatic carbocycles. The number of aryl methyl sites for hydroxylation is 1. The molecule has 0 saturated carbocycles. The van der Waals surface area contributed by atoms with E-state index in [4.69, 9.17) is 0 Å². The lowest BCUT2D eigenvalue weighted by atomic mass is 10.0. The average Bonchev–Trinajstić information content (AvgIpc) is 2.82. The van der Waals surface area contributed by atoms with Gasteiger partial charge in [0.15, 0.2) is 0 Å². The van der Waals surface area contributed by atoms with Crippen LogP contribution in [-0.2, 0) is 13.1 Å². The van der Waals surface area contributed by atoms with Gasteiger partial charge in [0, 0.05) is 47.0 Å². The standard InChI is InChI=1S/C25H30N4OS2/c1-18-2-4-21-22(14-18)29(25(30)17-27-21)11-10-28-8-6-20(7-9-28)26-16-19-3-5-23-24(15-19)32-13-12-31-23/h2-5,14-15,17,20,26H,6-13,16H2,1H3. The van der Waals surface area contributed by atoms with Gasteiger partial charge in [-0.3, -0.25) is 4.79 Å². The molecule has 0 atom stereocenters. The van der Waals surface area contributed by atoms with Gasteiger partial charge in [-0.15, -0.1) is 23.5 Å². The predicted octanol–water partition coefficient (Wildman–Crippen LogP) is 4.16. The molecule has 0 radical (unpaired) electrons. The summed E-state index contributed by atoms with van der Waals surface area (Å²) in [5, 5.41) is 3.77. The summed E-state index contributed by atoms with van der Waals surface area (Å²) < 4.78 is 1.88. The van der Waals surface area contributed by atoms with Crippen LogP contribution in [0.5, 0.6) is 0 Å². The van der Waals surface area contributed by atoms with Gasteiger partial charge in [-0.25, -0.2) is 4.98 Å². The fourth-order valence-corrected chi connectivity index (χ4v) is 6.84. The van der Waals surface area contributed by atoms with Gasteiger partial charge in [-0.1, -0.05) is 12.1 Å². The highest BCUT2D eigenvalue weighted by Gasteiger charge is 2.19. The van der Waals surface area contributed by atoms with Gasteiger partial charge in [-0.05, 0) is 68.2 Å². The van der Waals surface area contributed by atoms with Crippen molar-refractivity contribution in [1.29, 1.82) is 0 Å². The summed E-state index contributed by atoms with van der Waals surface area (Å²) in [7, 11) is 0. The van der Waals surface area contributed by atoms with Gasteiger partial charge in [0.1, 0.15) is 0 Å². The number of thioether (sulfide) groups is 2. The molecule has 1 N–H and O–H groups in total. The van der Waals surface area contributed by atoms with Crippen molar-refractivity contribution in [2.45, 2.75) is 48.7 Å². The molecular formula is C25H30N4OS2. The van der Waals surface area contributed by atoms with E-state index in [0.29, 0.717) is 12.6 Å². The van der Waals surface area contributed by atoms with Crippen molar-refractivity contribution in [2.75, 3.05) is 31.1 Å². The molecule has 32 heavy (non-hydrogen) atoms. The summed E-state index contributed by atoms with van der Waals surface area (Å²) in [5.41, 5.74) is 4.36. The van der Waals surface area contributed by atoms with Crippen molar-refractivity contribution >= 4 is 34.6 Å².